The van der Waals surface area contributed by atoms with Crippen LogP contribution in [0.1, 0.15) is 86.3 Å². The third kappa shape index (κ3) is 16.3. The van der Waals surface area contributed by atoms with Gasteiger partial charge in [-0.1, -0.05) is 115 Å². The zero-order valence-corrected chi connectivity index (χ0v) is 51.4. The smallest absolute Gasteiger partial charge is 0.311 e. The Morgan fingerprint density at radius 3 is 1.41 bits per heavy atom. The number of para-hydroxylation sites is 1. The fraction of sp³-hybridized carbons (Fsp3) is 0.171. The van der Waals surface area contributed by atoms with Crippen LogP contribution in [0, 0.1) is 10.8 Å². The number of aliphatic carboxylic acids is 4. The van der Waals surface area contributed by atoms with Crippen molar-refractivity contribution in [1.82, 2.24) is 38.2 Å². The topological polar surface area (TPSA) is 245 Å². The number of carboxylic acids is 4. The van der Waals surface area contributed by atoms with Gasteiger partial charge in [-0.3, -0.25) is 19.2 Å². The molecule has 0 aliphatic rings. The minimum Gasteiger partial charge on any atom is -0.481 e. The molecule has 6 aromatic heterocycles. The summed E-state index contributed by atoms with van der Waals surface area (Å²) in [6.07, 6.45) is 19.0. The Bertz CT molecular complexity index is 4130. The summed E-state index contributed by atoms with van der Waals surface area (Å²) in [5, 5.41) is 50.6. The van der Waals surface area contributed by atoms with Crippen LogP contribution in [0.5, 0.6) is 0 Å². The maximum absolute atomic E-state index is 11.9. The molecule has 0 aliphatic heterocycles. The third-order valence-electron chi connectivity index (χ3n) is 15.1. The number of aromatic nitrogens is 8. The second-order valence-electron chi connectivity index (χ2n) is 22.1. The van der Waals surface area contributed by atoms with Crippen LogP contribution in [0.2, 0.25) is 0 Å². The summed E-state index contributed by atoms with van der Waals surface area (Å²) >= 11 is 3.15. The van der Waals surface area contributed by atoms with Gasteiger partial charge in [-0.2, -0.15) is 0 Å². The number of rotatable bonds is 21. The number of fused-ring (bicyclic) bond motifs is 1. The number of imidazole rings is 4. The molecule has 18 nitrogen and oxygen atoms in total. The van der Waals surface area contributed by atoms with Crippen molar-refractivity contribution in [1.29, 1.82) is 0 Å². The molecule has 0 aliphatic carbocycles. The number of hydrogen-bond acceptors (Lipinski definition) is 12. The molecule has 0 saturated heterocycles. The zero-order chi connectivity index (χ0) is 63.6. The van der Waals surface area contributed by atoms with E-state index in [4.69, 9.17) is 5.11 Å². The van der Waals surface area contributed by atoms with E-state index in [0.717, 1.165) is 55.0 Å². The molecule has 0 spiro atoms. The van der Waals surface area contributed by atoms with Crippen LogP contribution in [0.4, 0.5) is 22.7 Å². The lowest BCUT2D eigenvalue weighted by atomic mass is 9.80. The normalized spacial score (nSPS) is 12.5. The summed E-state index contributed by atoms with van der Waals surface area (Å²) < 4.78 is 7.45. The van der Waals surface area contributed by atoms with Gasteiger partial charge in [0.25, 0.3) is 0 Å². The second-order valence-corrected chi connectivity index (χ2v) is 24.0. The average Bonchev–Trinajstić information content (AvgIpc) is 1.37. The third-order valence-corrected chi connectivity index (χ3v) is 16.9. The van der Waals surface area contributed by atoms with Gasteiger partial charge < -0.3 is 49.3 Å². The van der Waals surface area contributed by atoms with E-state index < -0.39 is 34.7 Å². The molecular weight excluding hydrogens is 1170 g/mol. The Balaban J connectivity index is 0.000000146. The van der Waals surface area contributed by atoms with Gasteiger partial charge in [-0.05, 0) is 127 Å². The monoisotopic (exact) mass is 1240 g/mol. The highest BCUT2D eigenvalue weighted by Crippen LogP contribution is 2.40. The van der Waals surface area contributed by atoms with Crippen LogP contribution < -0.4 is 10.6 Å². The molecule has 6 heterocycles. The van der Waals surface area contributed by atoms with Crippen LogP contribution in [0.3, 0.4) is 0 Å². The van der Waals surface area contributed by atoms with Crippen LogP contribution in [-0.2, 0) is 19.2 Å². The first-order valence-corrected chi connectivity index (χ1v) is 30.5. The minimum absolute atomic E-state index is 0.0265. The van der Waals surface area contributed by atoms with Gasteiger partial charge in [0.05, 0.1) is 71.7 Å². The lowest BCUT2D eigenvalue weighted by Gasteiger charge is -2.32. The molecule has 0 saturated carbocycles. The number of anilines is 4. The van der Waals surface area contributed by atoms with Crippen molar-refractivity contribution in [3.8, 4) is 10.7 Å². The number of nitrogens with zero attached hydrogens (tertiary/aromatic N) is 8. The van der Waals surface area contributed by atoms with Gasteiger partial charge in [0.2, 0.25) is 0 Å². The molecule has 6 aromatic carbocycles. The largest absolute Gasteiger partial charge is 0.481 e. The standard InChI is InChI=1S/C24H23N3O2.C20H21N3O2.C16H14N2O2S.C10H10N2O2S/c1-24(2,23(28)29)22(27-14-13-25-16-27)18-8-10-20(11-9-18)26-21-12-7-17-5-3-4-6-19(17)15-21;1-20(2,19(24)25)18(23-13-12-21-14-23)15-8-10-17(11-9-15)22-16-6-4-3-5-7-16;19-15(20)11-13(12-5-2-1-3-6-12)18-9-8-17-16(18)14-7-4-10-21-14;13-10(14)6-8(9-2-1-5-15-9)12-4-3-11-7-12/h3-16,22,26H,1-2H3,(H,28,29);3-14,18,22H,1-2H3,(H,24,25);1-10,13H,11H2,(H,19,20);1-5,7-8H,6H2,(H,13,14). The lowest BCUT2D eigenvalue weighted by Crippen LogP contribution is -2.35. The minimum atomic E-state index is -0.992. The summed E-state index contributed by atoms with van der Waals surface area (Å²) in [5.74, 6) is -2.52. The second kappa shape index (κ2) is 29.8. The van der Waals surface area contributed by atoms with Crippen molar-refractivity contribution >= 4 is 80.1 Å². The fourth-order valence-corrected chi connectivity index (χ4v) is 12.0. The molecule has 0 radical (unpaired) electrons. The van der Waals surface area contributed by atoms with Gasteiger partial charge in [0.1, 0.15) is 0 Å². The lowest BCUT2D eigenvalue weighted by molar-refractivity contribution is -0.149. The van der Waals surface area contributed by atoms with Crippen LogP contribution in [0.25, 0.3) is 21.5 Å². The fourth-order valence-electron chi connectivity index (χ4n) is 10.5. The highest BCUT2D eigenvalue weighted by molar-refractivity contribution is 7.13. The van der Waals surface area contributed by atoms with E-state index in [2.05, 4.69) is 60.9 Å². The van der Waals surface area contributed by atoms with Crippen molar-refractivity contribution in [2.75, 3.05) is 10.6 Å². The Labute approximate surface area is 528 Å². The van der Waals surface area contributed by atoms with E-state index in [9.17, 15) is 34.5 Å². The average molecular weight is 1240 g/mol. The van der Waals surface area contributed by atoms with Crippen LogP contribution >= 0.6 is 22.7 Å². The molecule has 4 atom stereocenters. The predicted octanol–water partition coefficient (Wildman–Crippen LogP) is 15.5. The SMILES string of the molecule is CC(C)(C(=O)O)C(c1ccc(Nc2ccc3ccccc3c2)cc1)n1ccnc1.CC(C)(C(=O)O)C(c1ccc(Nc2ccccc2)cc1)n1ccnc1.O=C(O)CC(c1ccccc1)n1ccnc1-c1cccs1.O=C(O)CC(c1cccs1)n1ccnc1. The van der Waals surface area contributed by atoms with Crippen LogP contribution in [-0.4, -0.2) is 82.5 Å². The summed E-state index contributed by atoms with van der Waals surface area (Å²) in [6.45, 7) is 6.94. The number of benzene rings is 6. The van der Waals surface area contributed by atoms with Gasteiger partial charge >= 0.3 is 23.9 Å². The maximum atomic E-state index is 11.9. The van der Waals surface area contributed by atoms with Crippen molar-refractivity contribution in [3.63, 3.8) is 0 Å². The highest BCUT2D eigenvalue weighted by atomic mass is 32.1. The van der Waals surface area contributed by atoms with Crippen LogP contribution in [0.15, 0.2) is 255 Å². The molecule has 0 amide bonds. The van der Waals surface area contributed by atoms with Gasteiger partial charge in [-0.25, -0.2) is 19.9 Å². The van der Waals surface area contributed by atoms with Crippen molar-refractivity contribution in [2.24, 2.45) is 10.8 Å². The quantitative estimate of drug-likeness (QED) is 0.0392. The molecule has 6 N–H and O–H groups in total. The molecule has 12 aromatic rings. The molecule has 0 bridgehead atoms. The predicted molar refractivity (Wildman–Crippen MR) is 353 cm³/mol. The molecule has 4 unspecified atom stereocenters. The molecule has 12 rings (SSSR count). The van der Waals surface area contributed by atoms with E-state index >= 15 is 0 Å². The molecular formula is C70H68N10O8S2. The summed E-state index contributed by atoms with van der Waals surface area (Å²) in [4.78, 5) is 64.3. The molecule has 20 heteroatoms. The first-order chi connectivity index (χ1) is 43.5. The molecule has 0 fully saturated rings. The van der Waals surface area contributed by atoms with Crippen molar-refractivity contribution in [2.45, 2.75) is 64.7 Å². The zero-order valence-electron chi connectivity index (χ0n) is 49.8. The number of nitrogens with one attached hydrogen (secondary N) is 2. The first-order valence-electron chi connectivity index (χ1n) is 28.7. The summed E-state index contributed by atoms with van der Waals surface area (Å²) in [7, 11) is 0. The van der Waals surface area contributed by atoms with E-state index in [1.54, 1.807) is 113 Å². The number of hydrogen-bond donors (Lipinski definition) is 6. The van der Waals surface area contributed by atoms with Crippen molar-refractivity contribution in [3.05, 3.63) is 277 Å². The van der Waals surface area contributed by atoms with Gasteiger partial charge in [0, 0.05) is 77.2 Å². The molecule has 90 heavy (non-hydrogen) atoms. The van der Waals surface area contributed by atoms with Gasteiger partial charge in [0.15, 0.2) is 5.82 Å². The van der Waals surface area contributed by atoms with Crippen molar-refractivity contribution < 1.29 is 39.6 Å². The molecule has 458 valence electrons. The van der Waals surface area contributed by atoms with E-state index in [1.165, 1.54) is 10.8 Å². The van der Waals surface area contributed by atoms with Gasteiger partial charge in [-0.15, -0.1) is 22.7 Å². The Hall–Kier alpha value is -10.7. The number of carboxylic acid groups (broad SMARTS) is 4. The van der Waals surface area contributed by atoms with E-state index in [-0.39, 0.29) is 37.0 Å². The Morgan fingerprint density at radius 2 is 0.922 bits per heavy atom. The number of carbonyl (C=O) groups is 4. The Kier molecular flexibility index (Phi) is 21.1. The summed E-state index contributed by atoms with van der Waals surface area (Å²) in [6, 6.07) is 56.5. The Morgan fingerprint density at radius 1 is 0.456 bits per heavy atom. The highest BCUT2D eigenvalue weighted by Gasteiger charge is 2.40. The first kappa shape index (κ1) is 63.8. The van der Waals surface area contributed by atoms with E-state index in [0.29, 0.717) is 0 Å². The van der Waals surface area contributed by atoms with E-state index in [1.807, 2.05) is 181 Å². The maximum Gasteiger partial charge on any atom is 0.311 e. The number of thiophene rings is 2. The summed E-state index contributed by atoms with van der Waals surface area (Å²) in [5.41, 5.74) is 4.75.